The van der Waals surface area contributed by atoms with Gasteiger partial charge in [0.2, 0.25) is 0 Å². The van der Waals surface area contributed by atoms with Crippen molar-refractivity contribution in [2.75, 3.05) is 30.9 Å². The molecular weight excluding hydrogens is 390 g/mol. The van der Waals surface area contributed by atoms with Gasteiger partial charge < -0.3 is 14.2 Å². The zero-order valence-corrected chi connectivity index (χ0v) is 18.3. The fourth-order valence-corrected chi connectivity index (χ4v) is 4.37. The molecule has 0 saturated carbocycles. The Morgan fingerprint density at radius 1 is 1.24 bits per heavy atom. The number of benzene rings is 1. The molecular formula is C21H31N3O4S. The molecule has 0 amide bonds. The second kappa shape index (κ2) is 9.61. The number of hydrogen-bond donors (Lipinski definition) is 0. The largest absolute Gasteiger partial charge is 0.494 e. The van der Waals surface area contributed by atoms with Crippen molar-refractivity contribution in [2.24, 2.45) is 11.8 Å². The third-order valence-electron chi connectivity index (χ3n) is 5.64. The molecule has 7 nitrogen and oxygen atoms in total. The lowest BCUT2D eigenvalue weighted by Gasteiger charge is -2.33. The van der Waals surface area contributed by atoms with Crippen molar-refractivity contribution < 1.29 is 17.7 Å². The minimum atomic E-state index is -3.17. The Morgan fingerprint density at radius 3 is 2.55 bits per heavy atom. The molecule has 1 saturated heterocycles. The maximum absolute atomic E-state index is 11.5. The van der Waals surface area contributed by atoms with E-state index in [0.717, 1.165) is 51.0 Å². The molecule has 0 aliphatic carbocycles. The van der Waals surface area contributed by atoms with Crippen molar-refractivity contribution in [1.82, 2.24) is 10.1 Å². The van der Waals surface area contributed by atoms with Crippen LogP contribution in [0.3, 0.4) is 0 Å². The molecule has 3 rings (SSSR count). The van der Waals surface area contributed by atoms with E-state index in [4.69, 9.17) is 9.26 Å². The Labute approximate surface area is 173 Å². The van der Waals surface area contributed by atoms with Crippen LogP contribution in [0.5, 0.6) is 5.75 Å². The molecule has 160 valence electrons. The van der Waals surface area contributed by atoms with Crippen LogP contribution in [0.4, 0.5) is 6.01 Å². The number of hydrogen-bond acceptors (Lipinski definition) is 7. The molecule has 1 unspecified atom stereocenters. The first-order valence-corrected chi connectivity index (χ1v) is 12.3. The molecule has 0 radical (unpaired) electrons. The van der Waals surface area contributed by atoms with Crippen molar-refractivity contribution >= 4 is 15.9 Å². The number of nitrogens with zero attached hydrogens (tertiary/aromatic N) is 3. The molecule has 1 aliphatic rings. The third kappa shape index (κ3) is 5.95. The Hall–Kier alpha value is -2.09. The Balaban J connectivity index is 1.41. The van der Waals surface area contributed by atoms with Crippen LogP contribution in [-0.2, 0) is 16.3 Å². The van der Waals surface area contributed by atoms with Gasteiger partial charge >= 0.3 is 6.01 Å². The van der Waals surface area contributed by atoms with Crippen molar-refractivity contribution in [1.29, 1.82) is 0 Å². The van der Waals surface area contributed by atoms with Crippen LogP contribution in [0.1, 0.15) is 45.4 Å². The molecule has 2 aromatic rings. The van der Waals surface area contributed by atoms with Gasteiger partial charge in [-0.2, -0.15) is 4.98 Å². The van der Waals surface area contributed by atoms with Crippen molar-refractivity contribution in [2.45, 2.75) is 50.8 Å². The van der Waals surface area contributed by atoms with E-state index in [-0.39, 0.29) is 0 Å². The topological polar surface area (TPSA) is 85.5 Å². The summed E-state index contributed by atoms with van der Waals surface area (Å²) in [6.07, 6.45) is 6.26. The van der Waals surface area contributed by atoms with Gasteiger partial charge in [-0.15, -0.1) is 0 Å². The molecule has 1 aliphatic heterocycles. The van der Waals surface area contributed by atoms with Crippen molar-refractivity contribution in [3.63, 3.8) is 0 Å². The number of sulfone groups is 1. The summed E-state index contributed by atoms with van der Waals surface area (Å²) in [5, 5.41) is 4.05. The maximum atomic E-state index is 11.5. The van der Waals surface area contributed by atoms with Crippen LogP contribution in [0.2, 0.25) is 0 Å². The molecule has 0 N–H and O–H groups in total. The van der Waals surface area contributed by atoms with Crippen molar-refractivity contribution in [3.8, 4) is 5.75 Å². The zero-order chi connectivity index (χ0) is 20.9. The minimum absolute atomic E-state index is 0.313. The second-order valence-electron chi connectivity index (χ2n) is 7.93. The Bertz CT molecular complexity index is 872. The van der Waals surface area contributed by atoms with Crippen LogP contribution in [0.25, 0.3) is 0 Å². The molecule has 1 aromatic heterocycles. The lowest BCUT2D eigenvalue weighted by molar-refractivity contribution is 0.220. The zero-order valence-electron chi connectivity index (χ0n) is 17.5. The summed E-state index contributed by atoms with van der Waals surface area (Å²) in [5.41, 5.74) is 0. The van der Waals surface area contributed by atoms with Gasteiger partial charge in [-0.3, -0.25) is 0 Å². The third-order valence-corrected chi connectivity index (χ3v) is 6.77. The lowest BCUT2D eigenvalue weighted by Crippen LogP contribution is -2.36. The number of rotatable bonds is 9. The molecule has 1 fully saturated rings. The SMILES string of the molecule is CCCc1noc(N2CCC(C(C)CCOc3ccc(S(C)(=O)=O)cc3)CC2)n1. The fourth-order valence-electron chi connectivity index (χ4n) is 3.74. The van der Waals surface area contributed by atoms with Gasteiger partial charge in [-0.25, -0.2) is 8.42 Å². The van der Waals surface area contributed by atoms with Crippen LogP contribution in [0, 0.1) is 11.8 Å². The smallest absolute Gasteiger partial charge is 0.324 e. The van der Waals surface area contributed by atoms with Gasteiger partial charge in [-0.1, -0.05) is 19.0 Å². The quantitative estimate of drug-likeness (QED) is 0.609. The Morgan fingerprint density at radius 2 is 1.93 bits per heavy atom. The minimum Gasteiger partial charge on any atom is -0.494 e. The van der Waals surface area contributed by atoms with Gasteiger partial charge in [-0.05, 0) is 61.8 Å². The molecule has 8 heteroatoms. The first-order valence-electron chi connectivity index (χ1n) is 10.4. The van der Waals surface area contributed by atoms with Crippen LogP contribution >= 0.6 is 0 Å². The predicted octanol–water partition coefficient (Wildman–Crippen LogP) is 3.75. The summed E-state index contributed by atoms with van der Waals surface area (Å²) >= 11 is 0. The number of aromatic nitrogens is 2. The van der Waals surface area contributed by atoms with E-state index in [1.807, 2.05) is 0 Å². The molecule has 1 aromatic carbocycles. The number of anilines is 1. The van der Waals surface area contributed by atoms with Gasteiger partial charge in [0.05, 0.1) is 11.5 Å². The van der Waals surface area contributed by atoms with E-state index in [9.17, 15) is 8.42 Å². The number of piperidine rings is 1. The standard InChI is InChI=1S/C21H31N3O4S/c1-4-5-20-22-21(28-23-20)24-13-10-17(11-14-24)16(2)12-15-27-18-6-8-19(9-7-18)29(3,25)26/h6-9,16-17H,4-5,10-15H2,1-3H3. The molecule has 29 heavy (non-hydrogen) atoms. The average molecular weight is 422 g/mol. The van der Waals surface area contributed by atoms with E-state index in [1.54, 1.807) is 24.3 Å². The summed E-state index contributed by atoms with van der Waals surface area (Å²) in [6, 6.07) is 7.27. The highest BCUT2D eigenvalue weighted by atomic mass is 32.2. The number of aryl methyl sites for hydroxylation is 1. The normalized spacial score (nSPS) is 16.7. The summed E-state index contributed by atoms with van der Waals surface area (Å²) in [6.45, 7) is 6.90. The summed E-state index contributed by atoms with van der Waals surface area (Å²) < 4.78 is 34.2. The van der Waals surface area contributed by atoms with Gasteiger partial charge in [0.25, 0.3) is 0 Å². The van der Waals surface area contributed by atoms with E-state index in [1.165, 1.54) is 6.26 Å². The summed E-state index contributed by atoms with van der Waals surface area (Å²) in [5.74, 6) is 2.71. The first kappa shape index (κ1) is 21.6. The highest BCUT2D eigenvalue weighted by Gasteiger charge is 2.26. The van der Waals surface area contributed by atoms with Crippen LogP contribution < -0.4 is 9.64 Å². The van der Waals surface area contributed by atoms with Crippen LogP contribution in [-0.4, -0.2) is 44.5 Å². The molecule has 0 bridgehead atoms. The van der Waals surface area contributed by atoms with Crippen molar-refractivity contribution in [3.05, 3.63) is 30.1 Å². The van der Waals surface area contributed by atoms with E-state index in [0.29, 0.717) is 35.1 Å². The maximum Gasteiger partial charge on any atom is 0.324 e. The van der Waals surface area contributed by atoms with Gasteiger partial charge in [0, 0.05) is 25.8 Å². The molecule has 1 atom stereocenters. The second-order valence-corrected chi connectivity index (χ2v) is 9.94. The van der Waals surface area contributed by atoms with Gasteiger partial charge in [0.1, 0.15) is 5.75 Å². The van der Waals surface area contributed by atoms with E-state index >= 15 is 0 Å². The summed E-state index contributed by atoms with van der Waals surface area (Å²) in [7, 11) is -3.17. The van der Waals surface area contributed by atoms with Gasteiger partial charge in [0.15, 0.2) is 15.7 Å². The first-order chi connectivity index (χ1) is 13.9. The van der Waals surface area contributed by atoms with E-state index < -0.39 is 9.84 Å². The predicted molar refractivity (Wildman–Crippen MR) is 112 cm³/mol. The average Bonchev–Trinajstić information content (AvgIpc) is 3.17. The Kier molecular flexibility index (Phi) is 7.16. The van der Waals surface area contributed by atoms with Crippen LogP contribution in [0.15, 0.2) is 33.7 Å². The number of ether oxygens (including phenoxy) is 1. The highest BCUT2D eigenvalue weighted by Crippen LogP contribution is 2.29. The van der Waals surface area contributed by atoms with E-state index in [2.05, 4.69) is 28.9 Å². The fraction of sp³-hybridized carbons (Fsp3) is 0.619. The monoisotopic (exact) mass is 421 g/mol. The molecule has 2 heterocycles. The lowest BCUT2D eigenvalue weighted by atomic mass is 9.84. The summed E-state index contributed by atoms with van der Waals surface area (Å²) in [4.78, 5) is 6.99. The molecule has 0 spiro atoms. The highest BCUT2D eigenvalue weighted by molar-refractivity contribution is 7.90.